The summed E-state index contributed by atoms with van der Waals surface area (Å²) in [5, 5.41) is 13.0. The maximum atomic E-state index is 12.5. The summed E-state index contributed by atoms with van der Waals surface area (Å²) in [7, 11) is -3.10. The van der Waals surface area contributed by atoms with E-state index in [0.29, 0.717) is 39.0 Å². The van der Waals surface area contributed by atoms with Crippen LogP contribution in [0.1, 0.15) is 27.7 Å². The van der Waals surface area contributed by atoms with Crippen molar-refractivity contribution in [3.8, 4) is 0 Å². The number of rotatable bonds is 4. The molecule has 176 valence electrons. The van der Waals surface area contributed by atoms with Crippen LogP contribution in [-0.2, 0) is 5.60 Å². The number of nitrogen functional groups attached to an aromatic ring is 1. The van der Waals surface area contributed by atoms with E-state index in [4.69, 9.17) is 5.73 Å². The Labute approximate surface area is 200 Å². The van der Waals surface area contributed by atoms with E-state index in [2.05, 4.69) is 58.3 Å². The third-order valence-corrected chi connectivity index (χ3v) is 19.6. The number of H-pyrrole nitrogens is 2. The number of imidazole rings is 1. The molecule has 1 atom stereocenters. The predicted molar refractivity (Wildman–Crippen MR) is 141 cm³/mol. The van der Waals surface area contributed by atoms with Gasteiger partial charge in [0.15, 0.2) is 5.60 Å². The van der Waals surface area contributed by atoms with Crippen molar-refractivity contribution < 1.29 is 5.11 Å². The van der Waals surface area contributed by atoms with E-state index in [1.165, 1.54) is 17.7 Å². The van der Waals surface area contributed by atoms with Gasteiger partial charge in [-0.1, -0.05) is 56.5 Å². The summed E-state index contributed by atoms with van der Waals surface area (Å²) in [6, 6.07) is 17.4. The second-order valence-electron chi connectivity index (χ2n) is 10.9. The van der Waals surface area contributed by atoms with E-state index in [0.717, 1.165) is 0 Å². The predicted octanol–water partition coefficient (Wildman–Crippen LogP) is 4.11. The monoisotopic (exact) mass is 489 g/mol. The van der Waals surface area contributed by atoms with Gasteiger partial charge in [-0.3, -0.25) is 4.98 Å². The van der Waals surface area contributed by atoms with Crippen LogP contribution >= 0.6 is 0 Å². The van der Waals surface area contributed by atoms with Crippen molar-refractivity contribution in [2.45, 2.75) is 49.0 Å². The van der Waals surface area contributed by atoms with Crippen LogP contribution in [0.25, 0.3) is 11.0 Å². The maximum Gasteiger partial charge on any atom is 0.323 e. The first kappa shape index (κ1) is 22.8. The van der Waals surface area contributed by atoms with E-state index in [-0.39, 0.29) is 5.69 Å². The fourth-order valence-electron chi connectivity index (χ4n) is 6.15. The highest BCUT2D eigenvalue weighted by Crippen LogP contribution is 2.49. The maximum absolute atomic E-state index is 12.5. The van der Waals surface area contributed by atoms with Crippen molar-refractivity contribution in [3.63, 3.8) is 0 Å². The SMILES string of the molecule is C[Si]1(C)CC[Si](C)(C)C1c1cc(C(O)(c2ccccn2)c2cccc(N)n2)c2[nH]c(=O)[nH]c2c1. The number of anilines is 1. The average molecular weight is 490 g/mol. The van der Waals surface area contributed by atoms with Gasteiger partial charge in [0.05, 0.1) is 38.6 Å². The van der Waals surface area contributed by atoms with E-state index in [1.807, 2.05) is 12.1 Å². The van der Waals surface area contributed by atoms with Crippen LogP contribution in [0.2, 0.25) is 38.3 Å². The molecule has 0 bridgehead atoms. The Hall–Kier alpha value is -3.02. The number of benzene rings is 1. The summed E-state index contributed by atoms with van der Waals surface area (Å²) >= 11 is 0. The molecule has 1 saturated heterocycles. The Kier molecular flexibility index (Phi) is 5.19. The fraction of sp³-hybridized carbons (Fsp3) is 0.320. The Bertz CT molecular complexity index is 1410. The largest absolute Gasteiger partial charge is 0.384 e. The molecular formula is C25H31N5O2Si2. The molecular weight excluding hydrogens is 458 g/mol. The number of nitrogens with one attached hydrogen (secondary N) is 2. The van der Waals surface area contributed by atoms with Crippen molar-refractivity contribution in [3.05, 3.63) is 87.7 Å². The molecule has 0 amide bonds. The molecule has 4 aromatic rings. The van der Waals surface area contributed by atoms with E-state index < -0.39 is 21.7 Å². The first-order valence-corrected chi connectivity index (χ1v) is 18.2. The number of aromatic amines is 2. The molecule has 0 spiro atoms. The molecule has 1 unspecified atom stereocenters. The molecule has 3 aromatic heterocycles. The van der Waals surface area contributed by atoms with Gasteiger partial charge in [0.1, 0.15) is 5.82 Å². The third-order valence-electron chi connectivity index (χ3n) is 7.52. The summed E-state index contributed by atoms with van der Waals surface area (Å²) in [5.74, 6) is 0.305. The molecule has 1 aromatic carbocycles. The second kappa shape index (κ2) is 7.76. The number of hydrogen-bond donors (Lipinski definition) is 4. The molecule has 1 aliphatic rings. The van der Waals surface area contributed by atoms with Gasteiger partial charge in [-0.05, 0) is 41.1 Å². The van der Waals surface area contributed by atoms with Gasteiger partial charge >= 0.3 is 5.69 Å². The summed E-state index contributed by atoms with van der Waals surface area (Å²) in [4.78, 5) is 27.3. The lowest BCUT2D eigenvalue weighted by Gasteiger charge is -2.35. The Balaban J connectivity index is 1.86. The van der Waals surface area contributed by atoms with E-state index in [1.54, 1.807) is 30.5 Å². The van der Waals surface area contributed by atoms with Crippen molar-refractivity contribution in [2.24, 2.45) is 0 Å². The van der Waals surface area contributed by atoms with E-state index >= 15 is 0 Å². The molecule has 0 aliphatic carbocycles. The highest BCUT2D eigenvalue weighted by Gasteiger charge is 2.51. The molecule has 5 rings (SSSR count). The molecule has 34 heavy (non-hydrogen) atoms. The van der Waals surface area contributed by atoms with E-state index in [9.17, 15) is 9.90 Å². The Morgan fingerprint density at radius 1 is 1.00 bits per heavy atom. The quantitative estimate of drug-likeness (QED) is 0.322. The zero-order valence-electron chi connectivity index (χ0n) is 20.0. The number of pyridine rings is 2. The standard InChI is InChI=1S/C25H31N5O2Si2/c1-33(2)12-13-34(3,4)23(33)16-14-17(22-18(15-16)28-24(31)30-22)25(32,19-8-5-6-11-27-19)20-9-7-10-21(26)29-20/h5-11,14-15,23,32H,12-13H2,1-4H3,(H2,26,29)(H2,28,30,31). The van der Waals surface area contributed by atoms with Crippen molar-refractivity contribution in [1.29, 1.82) is 0 Å². The first-order valence-electron chi connectivity index (χ1n) is 11.7. The van der Waals surface area contributed by atoms with Crippen molar-refractivity contribution in [2.75, 3.05) is 5.73 Å². The summed E-state index contributed by atoms with van der Waals surface area (Å²) in [6.07, 6.45) is 1.65. The smallest absolute Gasteiger partial charge is 0.323 e. The minimum Gasteiger partial charge on any atom is -0.384 e. The van der Waals surface area contributed by atoms with Gasteiger partial charge in [0.25, 0.3) is 0 Å². The van der Waals surface area contributed by atoms with Crippen LogP contribution < -0.4 is 11.4 Å². The topological polar surface area (TPSA) is 121 Å². The van der Waals surface area contributed by atoms with Gasteiger partial charge in [-0.2, -0.15) is 0 Å². The van der Waals surface area contributed by atoms with Gasteiger partial charge in [0.2, 0.25) is 0 Å². The van der Waals surface area contributed by atoms with Crippen LogP contribution in [0, 0.1) is 0 Å². The molecule has 1 aliphatic heterocycles. The zero-order chi connectivity index (χ0) is 24.3. The van der Waals surface area contributed by atoms with Crippen molar-refractivity contribution in [1.82, 2.24) is 19.9 Å². The zero-order valence-corrected chi connectivity index (χ0v) is 22.0. The van der Waals surface area contributed by atoms with Gasteiger partial charge in [-0.15, -0.1) is 0 Å². The molecule has 5 N–H and O–H groups in total. The molecule has 4 heterocycles. The average Bonchev–Trinajstić information content (AvgIpc) is 3.27. The lowest BCUT2D eigenvalue weighted by molar-refractivity contribution is 0.117. The lowest BCUT2D eigenvalue weighted by Crippen LogP contribution is -2.41. The number of aliphatic hydroxyl groups is 1. The number of aromatic nitrogens is 4. The van der Waals surface area contributed by atoms with Gasteiger partial charge in [0, 0.05) is 11.8 Å². The van der Waals surface area contributed by atoms with Crippen LogP contribution in [0.5, 0.6) is 0 Å². The third kappa shape index (κ3) is 3.55. The number of nitrogens with two attached hydrogens (primary N) is 1. The lowest BCUT2D eigenvalue weighted by atomic mass is 9.84. The minimum absolute atomic E-state index is 0.305. The number of fused-ring (bicyclic) bond motifs is 1. The number of hydrogen-bond acceptors (Lipinski definition) is 5. The van der Waals surface area contributed by atoms with Crippen LogP contribution in [0.4, 0.5) is 5.82 Å². The molecule has 0 radical (unpaired) electrons. The Morgan fingerprint density at radius 3 is 2.35 bits per heavy atom. The fourth-order valence-corrected chi connectivity index (χ4v) is 23.3. The number of nitrogens with zero attached hydrogens (tertiary/aromatic N) is 2. The first-order chi connectivity index (χ1) is 16.0. The molecule has 9 heteroatoms. The minimum atomic E-state index is -1.70. The summed E-state index contributed by atoms with van der Waals surface area (Å²) in [6.45, 7) is 9.86. The van der Waals surface area contributed by atoms with Gasteiger partial charge in [-0.25, -0.2) is 9.78 Å². The summed E-state index contributed by atoms with van der Waals surface area (Å²) in [5.41, 5.74) is 7.83. The summed E-state index contributed by atoms with van der Waals surface area (Å²) < 4.78 is 0. The normalized spacial score (nSPS) is 19.3. The highest BCUT2D eigenvalue weighted by atomic mass is 28.4. The second-order valence-corrected chi connectivity index (χ2v) is 21.5. The van der Waals surface area contributed by atoms with Crippen LogP contribution in [0.15, 0.2) is 59.5 Å². The Morgan fingerprint density at radius 2 is 1.71 bits per heavy atom. The molecule has 1 fully saturated rings. The van der Waals surface area contributed by atoms with Gasteiger partial charge < -0.3 is 20.8 Å². The molecule has 0 saturated carbocycles. The molecule has 7 nitrogen and oxygen atoms in total. The van der Waals surface area contributed by atoms with Crippen LogP contribution in [-0.4, -0.2) is 41.2 Å². The highest BCUT2D eigenvalue weighted by molar-refractivity contribution is 7.01. The van der Waals surface area contributed by atoms with Crippen molar-refractivity contribution >= 4 is 33.0 Å². The van der Waals surface area contributed by atoms with Crippen LogP contribution in [0.3, 0.4) is 0 Å².